The Kier molecular flexibility index (Phi) is 2.48. The van der Waals surface area contributed by atoms with Crippen LogP contribution in [0.3, 0.4) is 0 Å². The Morgan fingerprint density at radius 2 is 2.37 bits per heavy atom. The molecular formula is C15H23NO2S. The molecule has 0 bridgehead atoms. The molecule has 1 unspecified atom stereocenters. The maximum absolute atomic E-state index is 12.2. The largest absolute Gasteiger partial charge is 0.303 e. The van der Waals surface area contributed by atoms with E-state index in [9.17, 15) is 8.42 Å². The average molecular weight is 288 g/mol. The topological polar surface area (TPSA) is 37.4 Å². The highest BCUT2D eigenvalue weighted by atomic mass is 32.2. The highest BCUT2D eigenvalue weighted by molar-refractivity contribution is 7.90. The van der Waals surface area contributed by atoms with E-state index in [1.165, 1.54) is 30.0 Å². The summed E-state index contributed by atoms with van der Waals surface area (Å²) in [5.74, 6) is -0.201. The molecule has 1 atom stereocenters. The van der Waals surface area contributed by atoms with Crippen LogP contribution in [0.25, 0.3) is 0 Å². The van der Waals surface area contributed by atoms with Gasteiger partial charge in [-0.1, -0.05) is 19.1 Å². The molecule has 0 aromatic heterocycles. The van der Waals surface area contributed by atoms with E-state index >= 15 is 0 Å². The molecule has 3 nitrogen and oxygen atoms in total. The fourth-order valence-electron chi connectivity index (χ4n) is 2.44. The Morgan fingerprint density at radius 3 is 3.11 bits per heavy atom. The number of likely N-dealkylation sites (tertiary alicyclic amines) is 1. The van der Waals surface area contributed by atoms with Crippen molar-refractivity contribution in [2.24, 2.45) is 0 Å². The Bertz CT molecular complexity index is 756. The molecule has 0 N–H and O–H groups in total. The first-order valence-corrected chi connectivity index (χ1v) is 7.76. The van der Waals surface area contributed by atoms with Gasteiger partial charge in [0, 0.05) is 22.3 Å². The molecule has 0 saturated carbocycles. The predicted molar refractivity (Wildman–Crippen MR) is 78.3 cm³/mol. The van der Waals surface area contributed by atoms with Crippen molar-refractivity contribution >= 4 is 9.84 Å². The Hall–Kier alpha value is -0.870. The standard InChI is InChI=1S/C15H23NO2S/c1-3-9-16-10-5-7-14(12-16)13-6-4-8-15(11-13)19(2,17)18/h4,6,8,11,14H,3,5,7,9-10,12H2,1-2H3/i2D3,3D2,9D2. The number of hydrogen-bond acceptors (Lipinski definition) is 3. The van der Waals surface area contributed by atoms with E-state index in [0.29, 0.717) is 24.9 Å². The van der Waals surface area contributed by atoms with Crippen molar-refractivity contribution < 1.29 is 18.0 Å². The zero-order chi connectivity index (χ0) is 20.0. The zero-order valence-corrected chi connectivity index (χ0v) is 11.7. The summed E-state index contributed by atoms with van der Waals surface area (Å²) in [5.41, 5.74) is 0.618. The molecule has 2 rings (SSSR count). The van der Waals surface area contributed by atoms with E-state index in [-0.39, 0.29) is 17.4 Å². The second-order valence-electron chi connectivity index (χ2n) is 4.72. The summed E-state index contributed by atoms with van der Waals surface area (Å²) in [5, 5.41) is 0. The summed E-state index contributed by atoms with van der Waals surface area (Å²) in [4.78, 5) is 1.16. The van der Waals surface area contributed by atoms with E-state index < -0.39 is 28.9 Å². The van der Waals surface area contributed by atoms with Gasteiger partial charge in [0.2, 0.25) is 0 Å². The SMILES string of the molecule is [2H]C([2H])(C)C([2H])([2H])N1CCCC(c2cccc(S(=O)(=O)C([2H])([2H])[2H])c2)C1. The first kappa shape index (κ1) is 7.79. The fourth-order valence-corrected chi connectivity index (χ4v) is 2.99. The quantitative estimate of drug-likeness (QED) is 0.855. The maximum Gasteiger partial charge on any atom is 0.175 e. The lowest BCUT2D eigenvalue weighted by Crippen LogP contribution is -2.34. The predicted octanol–water partition coefficient (Wildman–Crippen LogP) is 2.68. The first-order chi connectivity index (χ1) is 11.7. The van der Waals surface area contributed by atoms with Gasteiger partial charge >= 0.3 is 0 Å². The van der Waals surface area contributed by atoms with Crippen molar-refractivity contribution in [2.45, 2.75) is 37.0 Å². The van der Waals surface area contributed by atoms with Gasteiger partial charge in [-0.05, 0) is 55.9 Å². The van der Waals surface area contributed by atoms with Crippen LogP contribution in [0.2, 0.25) is 0 Å². The van der Waals surface area contributed by atoms with Gasteiger partial charge in [-0.3, -0.25) is 0 Å². The molecule has 1 saturated heterocycles. The third-order valence-electron chi connectivity index (χ3n) is 3.33. The summed E-state index contributed by atoms with van der Waals surface area (Å²) in [6.07, 6.45) is -3.87. The first-order valence-electron chi connectivity index (χ1n) is 9.77. The van der Waals surface area contributed by atoms with Gasteiger partial charge in [0.1, 0.15) is 0 Å². The lowest BCUT2D eigenvalue weighted by Gasteiger charge is -2.32. The Morgan fingerprint density at radius 1 is 1.53 bits per heavy atom. The molecule has 1 aromatic rings. The summed E-state index contributed by atoms with van der Waals surface area (Å²) in [7, 11) is -4.45. The second kappa shape index (κ2) is 6.06. The molecule has 1 aliphatic rings. The minimum Gasteiger partial charge on any atom is -0.303 e. The summed E-state index contributed by atoms with van der Waals surface area (Å²) in [6.45, 7) is -0.323. The Balaban J connectivity index is 2.31. The van der Waals surface area contributed by atoms with E-state index in [0.717, 1.165) is 0 Å². The van der Waals surface area contributed by atoms with Crippen molar-refractivity contribution in [1.82, 2.24) is 4.90 Å². The molecule has 106 valence electrons. The number of rotatable bonds is 4. The highest BCUT2D eigenvalue weighted by Crippen LogP contribution is 2.28. The van der Waals surface area contributed by atoms with Gasteiger partial charge in [0.15, 0.2) is 9.84 Å². The van der Waals surface area contributed by atoms with Gasteiger partial charge in [-0.2, -0.15) is 0 Å². The Labute approximate surface area is 126 Å². The minimum atomic E-state index is -4.45. The number of piperidine rings is 1. The summed E-state index contributed by atoms with van der Waals surface area (Å²) < 4.78 is 77.6. The highest BCUT2D eigenvalue weighted by Gasteiger charge is 2.21. The van der Waals surface area contributed by atoms with Gasteiger partial charge in [-0.15, -0.1) is 0 Å². The van der Waals surface area contributed by atoms with E-state index in [1.807, 2.05) is 0 Å². The lowest BCUT2D eigenvalue weighted by atomic mass is 9.90. The molecule has 1 fully saturated rings. The van der Waals surface area contributed by atoms with E-state index in [2.05, 4.69) is 0 Å². The molecule has 1 aliphatic heterocycles. The number of nitrogens with zero attached hydrogens (tertiary/aromatic N) is 1. The maximum atomic E-state index is 12.2. The molecular weight excluding hydrogens is 258 g/mol. The summed E-state index contributed by atoms with van der Waals surface area (Å²) in [6, 6.07) is 5.77. The molecule has 0 amide bonds. The van der Waals surface area contributed by atoms with Gasteiger partial charge in [-0.25, -0.2) is 8.42 Å². The van der Waals surface area contributed by atoms with Crippen LogP contribution in [-0.2, 0) is 9.84 Å². The monoisotopic (exact) mass is 288 g/mol. The van der Waals surface area contributed by atoms with Crippen LogP contribution in [0, 0.1) is 0 Å². The van der Waals surface area contributed by atoms with Crippen LogP contribution in [-0.4, -0.2) is 39.1 Å². The van der Waals surface area contributed by atoms with E-state index in [1.54, 1.807) is 6.07 Å². The molecule has 1 heterocycles. The van der Waals surface area contributed by atoms with Crippen LogP contribution in [0.15, 0.2) is 29.2 Å². The van der Waals surface area contributed by atoms with Crippen molar-refractivity contribution in [3.8, 4) is 0 Å². The number of hydrogen-bond donors (Lipinski definition) is 0. The van der Waals surface area contributed by atoms with Gasteiger partial charge in [0.25, 0.3) is 0 Å². The molecule has 0 aliphatic carbocycles. The fraction of sp³-hybridized carbons (Fsp3) is 0.600. The molecule has 0 radical (unpaired) electrons. The van der Waals surface area contributed by atoms with E-state index in [4.69, 9.17) is 9.60 Å². The molecule has 19 heavy (non-hydrogen) atoms. The van der Waals surface area contributed by atoms with Crippen molar-refractivity contribution in [2.75, 3.05) is 25.8 Å². The third-order valence-corrected chi connectivity index (χ3v) is 4.21. The smallest absolute Gasteiger partial charge is 0.175 e. The van der Waals surface area contributed by atoms with Crippen LogP contribution < -0.4 is 0 Å². The van der Waals surface area contributed by atoms with Crippen molar-refractivity contribution in [3.05, 3.63) is 29.8 Å². The number of sulfone groups is 1. The molecule has 0 spiro atoms. The van der Waals surface area contributed by atoms with Crippen LogP contribution in [0.4, 0.5) is 0 Å². The lowest BCUT2D eigenvalue weighted by molar-refractivity contribution is 0.208. The van der Waals surface area contributed by atoms with Crippen LogP contribution >= 0.6 is 0 Å². The third kappa shape index (κ3) is 3.80. The van der Waals surface area contributed by atoms with Gasteiger partial charge < -0.3 is 4.90 Å². The zero-order valence-electron chi connectivity index (χ0n) is 17.9. The summed E-state index contributed by atoms with van der Waals surface area (Å²) >= 11 is 0. The van der Waals surface area contributed by atoms with Gasteiger partial charge in [0.05, 0.1) is 4.90 Å². The number of benzene rings is 1. The van der Waals surface area contributed by atoms with Crippen LogP contribution in [0.1, 0.15) is 47.2 Å². The minimum absolute atomic E-state index is 0.201. The average Bonchev–Trinajstić information content (AvgIpc) is 2.53. The van der Waals surface area contributed by atoms with Crippen molar-refractivity contribution in [1.29, 1.82) is 0 Å². The normalized spacial score (nSPS) is 29.1. The van der Waals surface area contributed by atoms with Crippen LogP contribution in [0.5, 0.6) is 0 Å². The molecule has 4 heteroatoms. The van der Waals surface area contributed by atoms with Crippen molar-refractivity contribution in [3.63, 3.8) is 0 Å². The molecule has 1 aromatic carbocycles. The second-order valence-corrected chi connectivity index (χ2v) is 6.20.